The maximum absolute atomic E-state index is 12.4. The lowest BCUT2D eigenvalue weighted by Crippen LogP contribution is -2.28. The fourth-order valence-electron chi connectivity index (χ4n) is 2.38. The summed E-state index contributed by atoms with van der Waals surface area (Å²) in [6.07, 6.45) is 1.86. The first kappa shape index (κ1) is 14.5. The van der Waals surface area contributed by atoms with Crippen LogP contribution in [-0.2, 0) is 7.05 Å². The number of carbonyl (C=O) groups is 1. The molecule has 3 aromatic rings. The van der Waals surface area contributed by atoms with Crippen LogP contribution in [0.15, 0.2) is 24.4 Å². The van der Waals surface area contributed by atoms with Gasteiger partial charge in [-0.3, -0.25) is 13.9 Å². The van der Waals surface area contributed by atoms with Crippen LogP contribution in [0.3, 0.4) is 0 Å². The normalized spacial score (nSPS) is 12.5. The largest absolute Gasteiger partial charge is 0.342 e. The average molecular weight is 319 g/mol. The van der Waals surface area contributed by atoms with Crippen LogP contribution in [0.1, 0.15) is 34.8 Å². The Morgan fingerprint density at radius 3 is 2.82 bits per heavy atom. The summed E-state index contributed by atoms with van der Waals surface area (Å²) in [6, 6.07) is 5.31. The molecule has 0 saturated heterocycles. The van der Waals surface area contributed by atoms with Crippen molar-refractivity contribution in [2.24, 2.45) is 7.05 Å². The molecule has 1 amide bonds. The Morgan fingerprint density at radius 2 is 2.14 bits per heavy atom. The molecular weight excluding hydrogens is 304 g/mol. The van der Waals surface area contributed by atoms with Gasteiger partial charge in [-0.2, -0.15) is 5.10 Å². The Morgan fingerprint density at radius 1 is 1.36 bits per heavy atom. The molecule has 0 saturated carbocycles. The van der Waals surface area contributed by atoms with Crippen molar-refractivity contribution in [1.82, 2.24) is 29.7 Å². The molecule has 0 aliphatic rings. The van der Waals surface area contributed by atoms with Gasteiger partial charge in [-0.15, -0.1) is 10.2 Å². The summed E-state index contributed by atoms with van der Waals surface area (Å²) in [5.41, 5.74) is 1.70. The summed E-state index contributed by atoms with van der Waals surface area (Å²) in [7, 11) is 1.70. The highest BCUT2D eigenvalue weighted by molar-refractivity contribution is 6.33. The minimum absolute atomic E-state index is 0.282. The van der Waals surface area contributed by atoms with Crippen molar-refractivity contribution in [3.8, 4) is 0 Å². The molecule has 0 fully saturated rings. The maximum atomic E-state index is 12.4. The molecule has 1 N–H and O–H groups in total. The molecule has 22 heavy (non-hydrogen) atoms. The third-order valence-electron chi connectivity index (χ3n) is 3.45. The van der Waals surface area contributed by atoms with Crippen LogP contribution in [0.5, 0.6) is 0 Å². The molecule has 8 heteroatoms. The van der Waals surface area contributed by atoms with E-state index in [2.05, 4.69) is 20.6 Å². The van der Waals surface area contributed by atoms with Crippen LogP contribution in [0.25, 0.3) is 5.65 Å². The van der Waals surface area contributed by atoms with E-state index in [4.69, 9.17) is 11.6 Å². The van der Waals surface area contributed by atoms with Crippen LogP contribution < -0.4 is 5.32 Å². The number of aryl methyl sites for hydroxylation is 2. The highest BCUT2D eigenvalue weighted by Crippen LogP contribution is 2.20. The number of aromatic nitrogens is 5. The van der Waals surface area contributed by atoms with Crippen molar-refractivity contribution >= 4 is 23.2 Å². The summed E-state index contributed by atoms with van der Waals surface area (Å²) >= 11 is 6.12. The summed E-state index contributed by atoms with van der Waals surface area (Å²) in [5.74, 6) is 0.373. The Bertz CT molecular complexity index is 852. The van der Waals surface area contributed by atoms with Gasteiger partial charge in [0, 0.05) is 13.2 Å². The first-order valence-corrected chi connectivity index (χ1v) is 7.16. The SMILES string of the molecule is Cc1nn(C)c(Cl)c1C(=O)NC(C)c1nnc2ccccn12. The molecule has 0 radical (unpaired) electrons. The third kappa shape index (κ3) is 2.33. The van der Waals surface area contributed by atoms with Gasteiger partial charge >= 0.3 is 0 Å². The molecule has 0 aliphatic carbocycles. The third-order valence-corrected chi connectivity index (χ3v) is 3.89. The molecule has 1 unspecified atom stereocenters. The second-order valence-corrected chi connectivity index (χ2v) is 5.42. The molecule has 7 nitrogen and oxygen atoms in total. The number of hydrogen-bond donors (Lipinski definition) is 1. The fraction of sp³-hybridized carbons (Fsp3) is 0.286. The number of rotatable bonds is 3. The van der Waals surface area contributed by atoms with Gasteiger partial charge in [0.15, 0.2) is 11.5 Å². The second kappa shape index (κ2) is 5.42. The van der Waals surface area contributed by atoms with E-state index in [-0.39, 0.29) is 11.9 Å². The van der Waals surface area contributed by atoms with E-state index < -0.39 is 0 Å². The first-order chi connectivity index (χ1) is 10.5. The predicted molar refractivity (Wildman–Crippen MR) is 81.8 cm³/mol. The number of nitrogens with zero attached hydrogens (tertiary/aromatic N) is 5. The number of nitrogens with one attached hydrogen (secondary N) is 1. The molecule has 114 valence electrons. The summed E-state index contributed by atoms with van der Waals surface area (Å²) in [5, 5.41) is 15.6. The molecular formula is C14H15ClN6O. The maximum Gasteiger partial charge on any atom is 0.256 e. The van der Waals surface area contributed by atoms with E-state index in [1.807, 2.05) is 35.7 Å². The zero-order valence-electron chi connectivity index (χ0n) is 12.4. The zero-order valence-corrected chi connectivity index (χ0v) is 13.2. The minimum Gasteiger partial charge on any atom is -0.342 e. The lowest BCUT2D eigenvalue weighted by molar-refractivity contribution is 0.0937. The lowest BCUT2D eigenvalue weighted by atomic mass is 10.2. The van der Waals surface area contributed by atoms with E-state index in [0.29, 0.717) is 22.2 Å². The van der Waals surface area contributed by atoms with Gasteiger partial charge < -0.3 is 5.32 Å². The van der Waals surface area contributed by atoms with Gasteiger partial charge in [-0.1, -0.05) is 17.7 Å². The van der Waals surface area contributed by atoms with E-state index in [1.165, 1.54) is 4.68 Å². The van der Waals surface area contributed by atoms with Crippen molar-refractivity contribution in [2.75, 3.05) is 0 Å². The van der Waals surface area contributed by atoms with Gasteiger partial charge in [0.1, 0.15) is 5.15 Å². The van der Waals surface area contributed by atoms with E-state index >= 15 is 0 Å². The highest BCUT2D eigenvalue weighted by atomic mass is 35.5. The molecule has 3 heterocycles. The van der Waals surface area contributed by atoms with Crippen LogP contribution >= 0.6 is 11.6 Å². The van der Waals surface area contributed by atoms with E-state index in [1.54, 1.807) is 14.0 Å². The minimum atomic E-state index is -0.319. The summed E-state index contributed by atoms with van der Waals surface area (Å²) < 4.78 is 3.31. The molecule has 0 aliphatic heterocycles. The second-order valence-electron chi connectivity index (χ2n) is 5.06. The number of fused-ring (bicyclic) bond motifs is 1. The van der Waals surface area contributed by atoms with Crippen LogP contribution in [0.2, 0.25) is 5.15 Å². The predicted octanol–water partition coefficient (Wildman–Crippen LogP) is 1.92. The van der Waals surface area contributed by atoms with Gasteiger partial charge in [-0.25, -0.2) is 0 Å². The number of amides is 1. The molecule has 3 aromatic heterocycles. The van der Waals surface area contributed by atoms with Crippen molar-refractivity contribution in [3.63, 3.8) is 0 Å². The van der Waals surface area contributed by atoms with Crippen LogP contribution in [-0.4, -0.2) is 30.3 Å². The number of pyridine rings is 1. The number of carbonyl (C=O) groups excluding carboxylic acids is 1. The summed E-state index contributed by atoms with van der Waals surface area (Å²) in [4.78, 5) is 12.4. The lowest BCUT2D eigenvalue weighted by Gasteiger charge is -2.12. The Kier molecular flexibility index (Phi) is 3.58. The fourth-order valence-corrected chi connectivity index (χ4v) is 2.64. The van der Waals surface area contributed by atoms with Crippen LogP contribution in [0, 0.1) is 6.92 Å². The van der Waals surface area contributed by atoms with Crippen LogP contribution in [0.4, 0.5) is 0 Å². The van der Waals surface area contributed by atoms with Gasteiger partial charge in [0.05, 0.1) is 17.3 Å². The first-order valence-electron chi connectivity index (χ1n) is 6.78. The van der Waals surface area contributed by atoms with Crippen molar-refractivity contribution < 1.29 is 4.79 Å². The standard InChI is InChI=1S/C14H15ClN6O/c1-8-11(12(15)20(3)19-8)14(22)16-9(2)13-18-17-10-6-4-5-7-21(10)13/h4-7,9H,1-3H3,(H,16,22). The van der Waals surface area contributed by atoms with E-state index in [9.17, 15) is 4.79 Å². The topological polar surface area (TPSA) is 77.1 Å². The quantitative estimate of drug-likeness (QED) is 0.800. The van der Waals surface area contributed by atoms with Gasteiger partial charge in [0.25, 0.3) is 5.91 Å². The molecule has 0 aromatic carbocycles. The van der Waals surface area contributed by atoms with Crippen molar-refractivity contribution in [2.45, 2.75) is 19.9 Å². The van der Waals surface area contributed by atoms with Gasteiger partial charge in [-0.05, 0) is 26.0 Å². The molecule has 0 spiro atoms. The summed E-state index contributed by atoms with van der Waals surface area (Å²) in [6.45, 7) is 3.60. The Labute approximate surface area is 131 Å². The zero-order chi connectivity index (χ0) is 15.9. The van der Waals surface area contributed by atoms with E-state index in [0.717, 1.165) is 5.65 Å². The number of hydrogen-bond acceptors (Lipinski definition) is 4. The van der Waals surface area contributed by atoms with Crippen molar-refractivity contribution in [1.29, 1.82) is 0 Å². The average Bonchev–Trinajstić information content (AvgIpc) is 3.00. The highest BCUT2D eigenvalue weighted by Gasteiger charge is 2.22. The van der Waals surface area contributed by atoms with Crippen molar-refractivity contribution in [3.05, 3.63) is 46.6 Å². The molecule has 3 rings (SSSR count). The molecule has 1 atom stereocenters. The Balaban J connectivity index is 1.88. The van der Waals surface area contributed by atoms with Gasteiger partial charge in [0.2, 0.25) is 0 Å². The smallest absolute Gasteiger partial charge is 0.256 e. The Hall–Kier alpha value is -2.41. The number of halogens is 1. The monoisotopic (exact) mass is 318 g/mol. The molecule has 0 bridgehead atoms.